The van der Waals surface area contributed by atoms with E-state index in [0.29, 0.717) is 11.7 Å². The average Bonchev–Trinajstić information content (AvgIpc) is 2.78. The van der Waals surface area contributed by atoms with Gasteiger partial charge in [-0.2, -0.15) is 0 Å². The van der Waals surface area contributed by atoms with E-state index in [0.717, 1.165) is 25.1 Å². The van der Waals surface area contributed by atoms with Gasteiger partial charge in [-0.15, -0.1) is 0 Å². The van der Waals surface area contributed by atoms with Gasteiger partial charge in [-0.05, 0) is 40.2 Å². The molecule has 1 aromatic heterocycles. The zero-order valence-corrected chi connectivity index (χ0v) is 12.9. The summed E-state index contributed by atoms with van der Waals surface area (Å²) in [5.41, 5.74) is 0.357. The molecule has 2 heterocycles. The van der Waals surface area contributed by atoms with Crippen molar-refractivity contribution in [3.63, 3.8) is 0 Å². The molecule has 1 atom stereocenters. The van der Waals surface area contributed by atoms with Gasteiger partial charge in [0.1, 0.15) is 16.8 Å². The molecule has 1 aliphatic heterocycles. The summed E-state index contributed by atoms with van der Waals surface area (Å²) in [6, 6.07) is -0.188. The first-order chi connectivity index (χ1) is 9.35. The quantitative estimate of drug-likeness (QED) is 0.802. The summed E-state index contributed by atoms with van der Waals surface area (Å²) in [6.07, 6.45) is 4.99. The standard InChI is InChI=1S/C14H20ClN3O2/c1-14(2,3)20-13(19)11-5-4-6-18(11)9-10-7-17-12(15)8-16-10/h7-8,11H,4-6,9H2,1-3H3/t11-/m0/s1. The number of aromatic nitrogens is 2. The van der Waals surface area contributed by atoms with Gasteiger partial charge in [0, 0.05) is 6.54 Å². The highest BCUT2D eigenvalue weighted by Crippen LogP contribution is 2.22. The molecule has 6 heteroatoms. The molecule has 0 N–H and O–H groups in total. The van der Waals surface area contributed by atoms with Crippen LogP contribution in [0.25, 0.3) is 0 Å². The van der Waals surface area contributed by atoms with Gasteiger partial charge in [0.2, 0.25) is 0 Å². The van der Waals surface area contributed by atoms with E-state index >= 15 is 0 Å². The van der Waals surface area contributed by atoms with Crippen molar-refractivity contribution < 1.29 is 9.53 Å². The van der Waals surface area contributed by atoms with Crippen molar-refractivity contribution in [2.45, 2.75) is 51.8 Å². The van der Waals surface area contributed by atoms with E-state index < -0.39 is 5.60 Å². The second-order valence-electron chi connectivity index (χ2n) is 5.99. The largest absolute Gasteiger partial charge is 0.459 e. The number of likely N-dealkylation sites (tertiary alicyclic amines) is 1. The molecule has 0 saturated carbocycles. The zero-order chi connectivity index (χ0) is 14.8. The molecule has 0 spiro atoms. The third kappa shape index (κ3) is 4.15. The van der Waals surface area contributed by atoms with Crippen LogP contribution in [-0.4, -0.2) is 39.0 Å². The van der Waals surface area contributed by atoms with Crippen molar-refractivity contribution in [2.75, 3.05) is 6.54 Å². The molecule has 1 aliphatic rings. The normalized spacial score (nSPS) is 20.1. The van der Waals surface area contributed by atoms with E-state index in [4.69, 9.17) is 16.3 Å². The van der Waals surface area contributed by atoms with Crippen LogP contribution >= 0.6 is 11.6 Å². The van der Waals surface area contributed by atoms with Crippen molar-refractivity contribution in [1.29, 1.82) is 0 Å². The first kappa shape index (κ1) is 15.2. The third-order valence-corrected chi connectivity index (χ3v) is 3.28. The van der Waals surface area contributed by atoms with Gasteiger partial charge >= 0.3 is 5.97 Å². The number of esters is 1. The highest BCUT2D eigenvalue weighted by Gasteiger charge is 2.34. The Morgan fingerprint density at radius 2 is 2.20 bits per heavy atom. The Morgan fingerprint density at radius 1 is 1.45 bits per heavy atom. The van der Waals surface area contributed by atoms with Gasteiger partial charge in [0.05, 0.1) is 18.1 Å². The molecule has 5 nitrogen and oxygen atoms in total. The lowest BCUT2D eigenvalue weighted by Crippen LogP contribution is -2.40. The lowest BCUT2D eigenvalue weighted by molar-refractivity contribution is -0.160. The topological polar surface area (TPSA) is 55.3 Å². The van der Waals surface area contributed by atoms with E-state index in [1.54, 1.807) is 6.20 Å². The van der Waals surface area contributed by atoms with Gasteiger partial charge in [-0.3, -0.25) is 14.7 Å². The van der Waals surface area contributed by atoms with Crippen LogP contribution in [0.2, 0.25) is 5.15 Å². The maximum atomic E-state index is 12.2. The molecular weight excluding hydrogens is 278 g/mol. The Balaban J connectivity index is 2.00. The molecular formula is C14H20ClN3O2. The number of hydrogen-bond donors (Lipinski definition) is 0. The summed E-state index contributed by atoms with van der Waals surface area (Å²) in [5, 5.41) is 0.374. The van der Waals surface area contributed by atoms with E-state index in [1.807, 2.05) is 20.8 Å². The second kappa shape index (κ2) is 6.06. The Hall–Kier alpha value is -1.20. The minimum atomic E-state index is -0.453. The predicted octanol–water partition coefficient (Wildman–Crippen LogP) is 2.44. The number of carbonyl (C=O) groups excluding carboxylic acids is 1. The maximum absolute atomic E-state index is 12.2. The molecule has 0 aromatic carbocycles. The fraction of sp³-hybridized carbons (Fsp3) is 0.643. The average molecular weight is 298 g/mol. The molecule has 0 amide bonds. The summed E-state index contributed by atoms with van der Waals surface area (Å²) < 4.78 is 5.47. The molecule has 1 aromatic rings. The number of ether oxygens (including phenoxy) is 1. The monoisotopic (exact) mass is 297 g/mol. The SMILES string of the molecule is CC(C)(C)OC(=O)[C@@H]1CCCN1Cc1cnc(Cl)cn1. The number of rotatable bonds is 3. The predicted molar refractivity (Wildman–Crippen MR) is 76.3 cm³/mol. The first-order valence-corrected chi connectivity index (χ1v) is 7.16. The smallest absolute Gasteiger partial charge is 0.323 e. The van der Waals surface area contributed by atoms with E-state index in [-0.39, 0.29) is 12.0 Å². The van der Waals surface area contributed by atoms with Crippen LogP contribution in [-0.2, 0) is 16.1 Å². The van der Waals surface area contributed by atoms with Crippen LogP contribution in [0.5, 0.6) is 0 Å². The van der Waals surface area contributed by atoms with Gasteiger partial charge in [0.25, 0.3) is 0 Å². The minimum Gasteiger partial charge on any atom is -0.459 e. The van der Waals surface area contributed by atoms with Crippen LogP contribution in [0.15, 0.2) is 12.4 Å². The van der Waals surface area contributed by atoms with E-state index in [1.165, 1.54) is 6.20 Å². The Labute approximate surface area is 124 Å². The molecule has 0 aliphatic carbocycles. The maximum Gasteiger partial charge on any atom is 0.323 e. The fourth-order valence-electron chi connectivity index (χ4n) is 2.28. The van der Waals surface area contributed by atoms with Crippen molar-refractivity contribution in [1.82, 2.24) is 14.9 Å². The van der Waals surface area contributed by atoms with Crippen molar-refractivity contribution in [3.05, 3.63) is 23.2 Å². The third-order valence-electron chi connectivity index (χ3n) is 3.08. The summed E-state index contributed by atoms with van der Waals surface area (Å²) >= 11 is 5.72. The summed E-state index contributed by atoms with van der Waals surface area (Å²) in [7, 11) is 0. The summed E-state index contributed by atoms with van der Waals surface area (Å²) in [5.74, 6) is -0.156. The summed E-state index contributed by atoms with van der Waals surface area (Å²) in [4.78, 5) is 22.5. The van der Waals surface area contributed by atoms with Gasteiger partial charge in [-0.1, -0.05) is 11.6 Å². The number of carbonyl (C=O) groups is 1. The lowest BCUT2D eigenvalue weighted by atomic mass is 10.1. The van der Waals surface area contributed by atoms with Crippen LogP contribution in [0.1, 0.15) is 39.3 Å². The molecule has 0 unspecified atom stereocenters. The molecule has 0 radical (unpaired) electrons. The number of halogens is 1. The number of hydrogen-bond acceptors (Lipinski definition) is 5. The minimum absolute atomic E-state index is 0.156. The zero-order valence-electron chi connectivity index (χ0n) is 12.1. The highest BCUT2D eigenvalue weighted by atomic mass is 35.5. The van der Waals surface area contributed by atoms with Crippen LogP contribution in [0.4, 0.5) is 0 Å². The van der Waals surface area contributed by atoms with Crippen LogP contribution in [0, 0.1) is 0 Å². The van der Waals surface area contributed by atoms with Crippen molar-refractivity contribution in [2.24, 2.45) is 0 Å². The first-order valence-electron chi connectivity index (χ1n) is 6.78. The van der Waals surface area contributed by atoms with Crippen LogP contribution < -0.4 is 0 Å². The Bertz CT molecular complexity index is 470. The Kier molecular flexibility index (Phi) is 4.60. The fourth-order valence-corrected chi connectivity index (χ4v) is 2.38. The van der Waals surface area contributed by atoms with E-state index in [2.05, 4.69) is 14.9 Å². The highest BCUT2D eigenvalue weighted by molar-refractivity contribution is 6.29. The molecule has 1 fully saturated rings. The molecule has 2 rings (SSSR count). The second-order valence-corrected chi connectivity index (χ2v) is 6.38. The van der Waals surface area contributed by atoms with Gasteiger partial charge in [0.15, 0.2) is 0 Å². The van der Waals surface area contributed by atoms with Gasteiger partial charge < -0.3 is 4.74 Å². The lowest BCUT2D eigenvalue weighted by Gasteiger charge is -2.27. The van der Waals surface area contributed by atoms with Crippen molar-refractivity contribution in [3.8, 4) is 0 Å². The van der Waals surface area contributed by atoms with E-state index in [9.17, 15) is 4.79 Å². The molecule has 1 saturated heterocycles. The molecule has 20 heavy (non-hydrogen) atoms. The van der Waals surface area contributed by atoms with Gasteiger partial charge in [-0.25, -0.2) is 4.98 Å². The van der Waals surface area contributed by atoms with Crippen LogP contribution in [0.3, 0.4) is 0 Å². The molecule has 110 valence electrons. The summed E-state index contributed by atoms with van der Waals surface area (Å²) in [6.45, 7) is 7.11. The molecule has 0 bridgehead atoms. The number of nitrogens with zero attached hydrogens (tertiary/aromatic N) is 3. The van der Waals surface area contributed by atoms with Crippen molar-refractivity contribution >= 4 is 17.6 Å². The Morgan fingerprint density at radius 3 is 2.80 bits per heavy atom.